The van der Waals surface area contributed by atoms with Gasteiger partial charge in [-0.1, -0.05) is 0 Å². The minimum atomic E-state index is -0.995. The highest BCUT2D eigenvalue weighted by Crippen LogP contribution is 2.21. The lowest BCUT2D eigenvalue weighted by molar-refractivity contribution is 0.0693. The van der Waals surface area contributed by atoms with Gasteiger partial charge in [0, 0.05) is 18.1 Å². The summed E-state index contributed by atoms with van der Waals surface area (Å²) in [7, 11) is 1.46. The lowest BCUT2D eigenvalue weighted by Gasteiger charge is -2.08. The number of carboxylic acid groups (broad SMARTS) is 1. The van der Waals surface area contributed by atoms with Crippen LogP contribution in [0.2, 0.25) is 0 Å². The molecule has 4 heteroatoms. The van der Waals surface area contributed by atoms with E-state index < -0.39 is 5.97 Å². The molecule has 2 aromatic rings. The van der Waals surface area contributed by atoms with Gasteiger partial charge in [-0.05, 0) is 30.3 Å². The molecule has 0 amide bonds. The van der Waals surface area contributed by atoms with E-state index in [1.807, 2.05) is 35.2 Å². The Hall–Kier alpha value is -2.23. The van der Waals surface area contributed by atoms with Gasteiger partial charge in [-0.3, -0.25) is 0 Å². The van der Waals surface area contributed by atoms with Gasteiger partial charge in [0.05, 0.1) is 7.11 Å². The highest BCUT2D eigenvalue weighted by Gasteiger charge is 2.11. The van der Waals surface area contributed by atoms with Gasteiger partial charge in [0.15, 0.2) is 0 Å². The van der Waals surface area contributed by atoms with Gasteiger partial charge in [-0.15, -0.1) is 0 Å². The maximum atomic E-state index is 11.0. The number of methoxy groups -OCH3 is 1. The fourth-order valence-corrected chi connectivity index (χ4v) is 1.53. The molecule has 0 atom stereocenters. The van der Waals surface area contributed by atoms with Crippen LogP contribution in [0.15, 0.2) is 42.7 Å². The number of carbonyl (C=O) groups is 1. The quantitative estimate of drug-likeness (QED) is 0.857. The number of benzene rings is 1. The van der Waals surface area contributed by atoms with E-state index in [0.717, 1.165) is 5.69 Å². The van der Waals surface area contributed by atoms with Crippen LogP contribution in [0.3, 0.4) is 0 Å². The summed E-state index contributed by atoms with van der Waals surface area (Å²) in [4.78, 5) is 11.0. The Morgan fingerprint density at radius 2 is 2.00 bits per heavy atom. The van der Waals surface area contributed by atoms with Crippen LogP contribution in [-0.4, -0.2) is 22.8 Å². The van der Waals surface area contributed by atoms with Crippen molar-refractivity contribution in [2.75, 3.05) is 7.11 Å². The molecule has 0 fully saturated rings. The molecule has 4 nitrogen and oxygen atoms in total. The summed E-state index contributed by atoms with van der Waals surface area (Å²) in [5.41, 5.74) is 0.955. The summed E-state index contributed by atoms with van der Waals surface area (Å²) in [6.45, 7) is 0. The highest BCUT2D eigenvalue weighted by molar-refractivity contribution is 5.91. The molecule has 2 rings (SSSR count). The lowest BCUT2D eigenvalue weighted by Crippen LogP contribution is -2.02. The second-order valence-electron chi connectivity index (χ2n) is 3.28. The van der Waals surface area contributed by atoms with E-state index >= 15 is 0 Å². The Kier molecular flexibility index (Phi) is 2.64. The van der Waals surface area contributed by atoms with Crippen LogP contribution in [-0.2, 0) is 0 Å². The maximum Gasteiger partial charge on any atom is 0.339 e. The van der Waals surface area contributed by atoms with Crippen molar-refractivity contribution in [1.29, 1.82) is 0 Å². The van der Waals surface area contributed by atoms with Gasteiger partial charge in [-0.25, -0.2) is 4.79 Å². The number of hydrogen-bond acceptors (Lipinski definition) is 2. The van der Waals surface area contributed by atoms with E-state index in [2.05, 4.69) is 0 Å². The molecule has 0 saturated carbocycles. The van der Waals surface area contributed by atoms with Crippen LogP contribution in [0.1, 0.15) is 10.4 Å². The van der Waals surface area contributed by atoms with E-state index in [9.17, 15) is 4.79 Å². The summed E-state index contributed by atoms with van der Waals surface area (Å²) >= 11 is 0. The molecule has 0 bridgehead atoms. The van der Waals surface area contributed by atoms with Crippen molar-refractivity contribution >= 4 is 5.97 Å². The van der Waals surface area contributed by atoms with Crippen LogP contribution in [0, 0.1) is 0 Å². The standard InChI is InChI=1S/C12H11NO3/c1-16-11-5-4-9(8-10(11)12(14)15)13-6-2-3-7-13/h2-8H,1H3,(H,14,15). The minimum Gasteiger partial charge on any atom is -0.496 e. The smallest absolute Gasteiger partial charge is 0.339 e. The molecule has 0 aliphatic heterocycles. The zero-order valence-corrected chi connectivity index (χ0v) is 8.75. The molecule has 0 spiro atoms. The molecule has 82 valence electrons. The molecular formula is C12H11NO3. The first-order valence-corrected chi connectivity index (χ1v) is 4.77. The molecule has 1 aromatic carbocycles. The van der Waals surface area contributed by atoms with Crippen molar-refractivity contribution in [3.05, 3.63) is 48.3 Å². The molecular weight excluding hydrogens is 206 g/mol. The van der Waals surface area contributed by atoms with Crippen molar-refractivity contribution in [2.24, 2.45) is 0 Å². The number of ether oxygens (including phenoxy) is 1. The van der Waals surface area contributed by atoms with E-state index in [4.69, 9.17) is 9.84 Å². The predicted octanol–water partition coefficient (Wildman–Crippen LogP) is 2.18. The highest BCUT2D eigenvalue weighted by atomic mass is 16.5. The summed E-state index contributed by atoms with van der Waals surface area (Å²) in [5, 5.41) is 9.03. The first kappa shape index (κ1) is 10.3. The number of hydrogen-bond donors (Lipinski definition) is 1. The first-order chi connectivity index (χ1) is 7.72. The van der Waals surface area contributed by atoms with Gasteiger partial charge < -0.3 is 14.4 Å². The molecule has 1 aromatic heterocycles. The van der Waals surface area contributed by atoms with E-state index in [1.165, 1.54) is 7.11 Å². The van der Waals surface area contributed by atoms with Gasteiger partial charge in [0.25, 0.3) is 0 Å². The predicted molar refractivity (Wildman–Crippen MR) is 59.3 cm³/mol. The second kappa shape index (κ2) is 4.10. The second-order valence-corrected chi connectivity index (χ2v) is 3.28. The van der Waals surface area contributed by atoms with E-state index in [1.54, 1.807) is 12.1 Å². The number of aromatic nitrogens is 1. The van der Waals surface area contributed by atoms with Gasteiger partial charge in [0.2, 0.25) is 0 Å². The molecule has 0 unspecified atom stereocenters. The average Bonchev–Trinajstić information content (AvgIpc) is 2.81. The molecule has 16 heavy (non-hydrogen) atoms. The fraction of sp³-hybridized carbons (Fsp3) is 0.0833. The molecule has 1 N–H and O–H groups in total. The number of carboxylic acids is 1. The zero-order valence-electron chi connectivity index (χ0n) is 8.75. The summed E-state index contributed by atoms with van der Waals surface area (Å²) < 4.78 is 6.83. The number of nitrogens with zero attached hydrogens (tertiary/aromatic N) is 1. The van der Waals surface area contributed by atoms with Crippen LogP contribution in [0.25, 0.3) is 5.69 Å². The van der Waals surface area contributed by atoms with E-state index in [-0.39, 0.29) is 5.56 Å². The number of rotatable bonds is 3. The van der Waals surface area contributed by atoms with Gasteiger partial charge in [0.1, 0.15) is 11.3 Å². The molecule has 0 saturated heterocycles. The minimum absolute atomic E-state index is 0.161. The summed E-state index contributed by atoms with van der Waals surface area (Å²) in [6, 6.07) is 8.81. The normalized spacial score (nSPS) is 10.1. The van der Waals surface area contributed by atoms with Crippen LogP contribution in [0.4, 0.5) is 0 Å². The van der Waals surface area contributed by atoms with Crippen LogP contribution in [0.5, 0.6) is 5.75 Å². The SMILES string of the molecule is COc1ccc(-n2cccc2)cc1C(=O)O. The van der Waals surface area contributed by atoms with Gasteiger partial charge >= 0.3 is 5.97 Å². The Morgan fingerprint density at radius 1 is 1.31 bits per heavy atom. The molecule has 0 aliphatic rings. The topological polar surface area (TPSA) is 51.5 Å². The maximum absolute atomic E-state index is 11.0. The Labute approximate surface area is 92.7 Å². The molecule has 0 radical (unpaired) electrons. The van der Waals surface area contributed by atoms with Crippen molar-refractivity contribution in [3.8, 4) is 11.4 Å². The van der Waals surface area contributed by atoms with Crippen LogP contribution >= 0.6 is 0 Å². The van der Waals surface area contributed by atoms with Crippen molar-refractivity contribution in [2.45, 2.75) is 0 Å². The number of aromatic carboxylic acids is 1. The molecule has 0 aliphatic carbocycles. The third kappa shape index (κ3) is 1.77. The van der Waals surface area contributed by atoms with Gasteiger partial charge in [-0.2, -0.15) is 0 Å². The van der Waals surface area contributed by atoms with Crippen molar-refractivity contribution < 1.29 is 14.6 Å². The Balaban J connectivity index is 2.51. The van der Waals surface area contributed by atoms with Crippen molar-refractivity contribution in [3.63, 3.8) is 0 Å². The Morgan fingerprint density at radius 3 is 2.56 bits per heavy atom. The fourth-order valence-electron chi connectivity index (χ4n) is 1.53. The third-order valence-corrected chi connectivity index (χ3v) is 2.32. The first-order valence-electron chi connectivity index (χ1n) is 4.77. The van der Waals surface area contributed by atoms with Crippen LogP contribution < -0.4 is 4.74 Å². The molecule has 1 heterocycles. The Bertz CT molecular complexity index is 503. The largest absolute Gasteiger partial charge is 0.496 e. The average molecular weight is 217 g/mol. The third-order valence-electron chi connectivity index (χ3n) is 2.32. The van der Waals surface area contributed by atoms with E-state index in [0.29, 0.717) is 5.75 Å². The van der Waals surface area contributed by atoms with Crippen molar-refractivity contribution in [1.82, 2.24) is 4.57 Å². The summed E-state index contributed by atoms with van der Waals surface area (Å²) in [6.07, 6.45) is 3.71. The monoisotopic (exact) mass is 217 g/mol. The summed E-state index contributed by atoms with van der Waals surface area (Å²) in [5.74, 6) is -0.630. The zero-order chi connectivity index (χ0) is 11.5. The lowest BCUT2D eigenvalue weighted by atomic mass is 10.2.